The molecule has 1 aliphatic heterocycles. The van der Waals surface area contributed by atoms with Crippen molar-refractivity contribution in [3.63, 3.8) is 0 Å². The van der Waals surface area contributed by atoms with Crippen molar-refractivity contribution in [3.8, 4) is 5.75 Å². The summed E-state index contributed by atoms with van der Waals surface area (Å²) in [6.07, 6.45) is 2.74. The van der Waals surface area contributed by atoms with E-state index < -0.39 is 0 Å². The number of hydrogen-bond acceptors (Lipinski definition) is 2. The summed E-state index contributed by atoms with van der Waals surface area (Å²) in [4.78, 5) is 0. The van der Waals surface area contributed by atoms with E-state index in [4.69, 9.17) is 4.74 Å². The second-order valence-electron chi connectivity index (χ2n) is 4.70. The maximum atomic E-state index is 5.93. The van der Waals surface area contributed by atoms with Crippen LogP contribution in [0.25, 0.3) is 0 Å². The van der Waals surface area contributed by atoms with Crippen molar-refractivity contribution in [3.05, 3.63) is 29.3 Å². The van der Waals surface area contributed by atoms with Gasteiger partial charge in [-0.3, -0.25) is 0 Å². The number of para-hydroxylation sites is 1. The number of ether oxygens (including phenoxy) is 1. The number of rotatable bonds is 1. The van der Waals surface area contributed by atoms with Crippen LogP contribution in [-0.4, -0.2) is 12.6 Å². The molecule has 0 radical (unpaired) electrons. The molecule has 1 atom stereocenters. The summed E-state index contributed by atoms with van der Waals surface area (Å²) < 4.78 is 5.93. The third kappa shape index (κ3) is 1.74. The largest absolute Gasteiger partial charge is 0.491 e. The zero-order valence-corrected chi connectivity index (χ0v) is 9.12. The predicted octanol–water partition coefficient (Wildman–Crippen LogP) is 2.26. The van der Waals surface area contributed by atoms with Crippen molar-refractivity contribution in [2.75, 3.05) is 6.61 Å². The van der Waals surface area contributed by atoms with Crippen molar-refractivity contribution >= 4 is 0 Å². The first kappa shape index (κ1) is 9.22. The summed E-state index contributed by atoms with van der Waals surface area (Å²) in [5.41, 5.74) is 2.56. The van der Waals surface area contributed by atoms with Crippen LogP contribution in [0.2, 0.25) is 0 Å². The molecule has 15 heavy (non-hydrogen) atoms. The lowest BCUT2D eigenvalue weighted by Gasteiger charge is -2.14. The molecule has 2 nitrogen and oxygen atoms in total. The fourth-order valence-electron chi connectivity index (χ4n) is 2.33. The van der Waals surface area contributed by atoms with Gasteiger partial charge in [0.1, 0.15) is 12.4 Å². The summed E-state index contributed by atoms with van der Waals surface area (Å²) in [7, 11) is 0. The van der Waals surface area contributed by atoms with Gasteiger partial charge in [0.25, 0.3) is 0 Å². The molecule has 0 bridgehead atoms. The van der Waals surface area contributed by atoms with Crippen molar-refractivity contribution in [2.45, 2.75) is 32.4 Å². The van der Waals surface area contributed by atoms with Crippen molar-refractivity contribution in [1.29, 1.82) is 0 Å². The molecule has 1 saturated carbocycles. The van der Waals surface area contributed by atoms with E-state index in [9.17, 15) is 0 Å². The standard InChI is InChI=1S/C13H17NO/c1-9-3-2-4-11-7-14-12(10-5-6-10)8-15-13(9)11/h2-4,10,12,14H,5-8H2,1H3. The molecule has 1 aromatic carbocycles. The number of benzene rings is 1. The van der Waals surface area contributed by atoms with Gasteiger partial charge in [0.2, 0.25) is 0 Å². The highest BCUT2D eigenvalue weighted by Crippen LogP contribution is 2.35. The Morgan fingerprint density at radius 3 is 3.00 bits per heavy atom. The summed E-state index contributed by atoms with van der Waals surface area (Å²) in [5, 5.41) is 3.60. The zero-order valence-electron chi connectivity index (χ0n) is 9.12. The molecule has 80 valence electrons. The number of hydrogen-bond donors (Lipinski definition) is 1. The van der Waals surface area contributed by atoms with Gasteiger partial charge in [-0.2, -0.15) is 0 Å². The quantitative estimate of drug-likeness (QED) is 0.756. The van der Waals surface area contributed by atoms with E-state index in [1.165, 1.54) is 24.0 Å². The van der Waals surface area contributed by atoms with Crippen LogP contribution in [-0.2, 0) is 6.54 Å². The Morgan fingerprint density at radius 1 is 1.33 bits per heavy atom. The molecule has 1 heterocycles. The summed E-state index contributed by atoms with van der Waals surface area (Å²) >= 11 is 0. The molecule has 2 heteroatoms. The van der Waals surface area contributed by atoms with Crippen LogP contribution < -0.4 is 10.1 Å². The van der Waals surface area contributed by atoms with Crippen LogP contribution in [0.1, 0.15) is 24.0 Å². The first-order valence-electron chi connectivity index (χ1n) is 5.79. The number of aryl methyl sites for hydroxylation is 1. The van der Waals surface area contributed by atoms with Gasteiger partial charge in [0.15, 0.2) is 0 Å². The molecule has 2 aliphatic rings. The SMILES string of the molecule is Cc1cccc2c1OCC(C1CC1)NC2. The van der Waals surface area contributed by atoms with Crippen molar-refractivity contribution in [1.82, 2.24) is 5.32 Å². The van der Waals surface area contributed by atoms with Gasteiger partial charge in [0, 0.05) is 18.2 Å². The Morgan fingerprint density at radius 2 is 2.20 bits per heavy atom. The lowest BCUT2D eigenvalue weighted by atomic mass is 10.1. The van der Waals surface area contributed by atoms with E-state index in [-0.39, 0.29) is 0 Å². The van der Waals surface area contributed by atoms with Crippen molar-refractivity contribution in [2.24, 2.45) is 5.92 Å². The Balaban J connectivity index is 1.84. The lowest BCUT2D eigenvalue weighted by molar-refractivity contribution is 0.262. The van der Waals surface area contributed by atoms with Crippen molar-refractivity contribution < 1.29 is 4.74 Å². The molecule has 3 rings (SSSR count). The van der Waals surface area contributed by atoms with Gasteiger partial charge in [0.05, 0.1) is 0 Å². The summed E-state index contributed by atoms with van der Waals surface area (Å²) in [6, 6.07) is 6.95. The molecule has 1 aliphatic carbocycles. The normalized spacial score (nSPS) is 25.3. The Labute approximate surface area is 90.6 Å². The Hall–Kier alpha value is -1.02. The second kappa shape index (κ2) is 3.53. The maximum absolute atomic E-state index is 5.93. The smallest absolute Gasteiger partial charge is 0.126 e. The molecule has 1 fully saturated rings. The molecule has 1 unspecified atom stereocenters. The van der Waals surface area contributed by atoms with Gasteiger partial charge >= 0.3 is 0 Å². The molecule has 0 saturated heterocycles. The van der Waals surface area contributed by atoms with Crippen LogP contribution in [0.4, 0.5) is 0 Å². The van der Waals surface area contributed by atoms with Gasteiger partial charge < -0.3 is 10.1 Å². The third-order valence-electron chi connectivity index (χ3n) is 3.45. The molecule has 1 aromatic rings. The second-order valence-corrected chi connectivity index (χ2v) is 4.70. The molecule has 0 aromatic heterocycles. The molecular formula is C13H17NO. The number of nitrogens with one attached hydrogen (secondary N) is 1. The molecular weight excluding hydrogens is 186 g/mol. The van der Waals surface area contributed by atoms with Crippen LogP contribution >= 0.6 is 0 Å². The first-order chi connectivity index (χ1) is 7.34. The van der Waals surface area contributed by atoms with E-state index in [2.05, 4.69) is 30.4 Å². The van der Waals surface area contributed by atoms with Gasteiger partial charge in [-0.05, 0) is 31.2 Å². The van der Waals surface area contributed by atoms with Crippen LogP contribution in [0.15, 0.2) is 18.2 Å². The summed E-state index contributed by atoms with van der Waals surface area (Å²) in [6.45, 7) is 3.91. The Bertz CT molecular complexity index is 371. The van der Waals surface area contributed by atoms with Gasteiger partial charge in [-0.1, -0.05) is 18.2 Å². The topological polar surface area (TPSA) is 21.3 Å². The van der Waals surface area contributed by atoms with E-state index in [0.29, 0.717) is 6.04 Å². The number of fused-ring (bicyclic) bond motifs is 1. The average molecular weight is 203 g/mol. The highest BCUT2D eigenvalue weighted by molar-refractivity contribution is 5.41. The zero-order chi connectivity index (χ0) is 10.3. The Kier molecular flexibility index (Phi) is 2.17. The van der Waals surface area contributed by atoms with Crippen LogP contribution in [0.5, 0.6) is 5.75 Å². The minimum Gasteiger partial charge on any atom is -0.491 e. The van der Waals surface area contributed by atoms with Gasteiger partial charge in [-0.25, -0.2) is 0 Å². The molecule has 0 spiro atoms. The molecule has 0 amide bonds. The highest BCUT2D eigenvalue weighted by atomic mass is 16.5. The maximum Gasteiger partial charge on any atom is 0.126 e. The average Bonchev–Trinajstić information content (AvgIpc) is 3.03. The van der Waals surface area contributed by atoms with E-state index in [1.54, 1.807) is 0 Å². The third-order valence-corrected chi connectivity index (χ3v) is 3.45. The monoisotopic (exact) mass is 203 g/mol. The minimum absolute atomic E-state index is 0.566. The van der Waals surface area contributed by atoms with E-state index in [0.717, 1.165) is 24.8 Å². The predicted molar refractivity (Wildman–Crippen MR) is 60.0 cm³/mol. The highest BCUT2D eigenvalue weighted by Gasteiger charge is 2.32. The van der Waals surface area contributed by atoms with E-state index >= 15 is 0 Å². The first-order valence-corrected chi connectivity index (χ1v) is 5.79. The van der Waals surface area contributed by atoms with Crippen LogP contribution in [0, 0.1) is 12.8 Å². The molecule has 1 N–H and O–H groups in total. The summed E-state index contributed by atoms with van der Waals surface area (Å²) in [5.74, 6) is 1.97. The van der Waals surface area contributed by atoms with Gasteiger partial charge in [-0.15, -0.1) is 0 Å². The lowest BCUT2D eigenvalue weighted by Crippen LogP contribution is -2.33. The minimum atomic E-state index is 0.566. The fourth-order valence-corrected chi connectivity index (χ4v) is 2.33. The van der Waals surface area contributed by atoms with Crippen LogP contribution in [0.3, 0.4) is 0 Å². The van der Waals surface area contributed by atoms with E-state index in [1.807, 2.05) is 0 Å². The fraction of sp³-hybridized carbons (Fsp3) is 0.538.